The topological polar surface area (TPSA) is 57.8 Å². The standard InChI is InChI=1S/C21H33N3O/c1-2-3-4-5-6-7-8-9-10-11-12-13-21(25)23-19-15-14-18-17-22-24-20(18)16-19/h14-17H,2-13H2,1H3,(H,22,24)(H,23,25). The van der Waals surface area contributed by atoms with Gasteiger partial charge in [0.15, 0.2) is 0 Å². The van der Waals surface area contributed by atoms with E-state index in [0.29, 0.717) is 6.42 Å². The van der Waals surface area contributed by atoms with Gasteiger partial charge in [-0.1, -0.05) is 71.1 Å². The van der Waals surface area contributed by atoms with Gasteiger partial charge in [-0.15, -0.1) is 0 Å². The quantitative estimate of drug-likeness (QED) is 0.425. The molecule has 0 spiro atoms. The Morgan fingerprint density at radius 2 is 1.60 bits per heavy atom. The van der Waals surface area contributed by atoms with Crippen molar-refractivity contribution in [3.63, 3.8) is 0 Å². The zero-order chi connectivity index (χ0) is 17.7. The first-order valence-electron chi connectivity index (χ1n) is 10.0. The number of unbranched alkanes of at least 4 members (excludes halogenated alkanes) is 10. The average Bonchev–Trinajstić information content (AvgIpc) is 3.07. The van der Waals surface area contributed by atoms with Crippen molar-refractivity contribution < 1.29 is 4.79 Å². The van der Waals surface area contributed by atoms with Crippen LogP contribution >= 0.6 is 0 Å². The molecule has 0 radical (unpaired) electrons. The van der Waals surface area contributed by atoms with Crippen molar-refractivity contribution in [2.24, 2.45) is 0 Å². The third kappa shape index (κ3) is 7.72. The van der Waals surface area contributed by atoms with Crippen LogP contribution < -0.4 is 5.32 Å². The molecule has 0 fully saturated rings. The van der Waals surface area contributed by atoms with Gasteiger partial charge in [0.25, 0.3) is 0 Å². The van der Waals surface area contributed by atoms with E-state index in [1.54, 1.807) is 6.20 Å². The second kappa shape index (κ2) is 11.7. The van der Waals surface area contributed by atoms with E-state index < -0.39 is 0 Å². The lowest BCUT2D eigenvalue weighted by Crippen LogP contribution is -2.10. The summed E-state index contributed by atoms with van der Waals surface area (Å²) in [6.07, 6.45) is 16.7. The Morgan fingerprint density at radius 3 is 2.28 bits per heavy atom. The van der Waals surface area contributed by atoms with E-state index in [2.05, 4.69) is 22.4 Å². The number of amides is 1. The third-order valence-electron chi connectivity index (χ3n) is 4.73. The van der Waals surface area contributed by atoms with Gasteiger partial charge in [0.2, 0.25) is 5.91 Å². The zero-order valence-corrected chi connectivity index (χ0v) is 15.7. The van der Waals surface area contributed by atoms with Gasteiger partial charge in [0.05, 0.1) is 11.7 Å². The highest BCUT2D eigenvalue weighted by Crippen LogP contribution is 2.17. The summed E-state index contributed by atoms with van der Waals surface area (Å²) in [6, 6.07) is 5.83. The van der Waals surface area contributed by atoms with Crippen molar-refractivity contribution in [2.75, 3.05) is 5.32 Å². The van der Waals surface area contributed by atoms with E-state index in [1.807, 2.05) is 18.2 Å². The number of fused-ring (bicyclic) bond motifs is 1. The number of aromatic nitrogens is 2. The van der Waals surface area contributed by atoms with Crippen molar-refractivity contribution in [1.82, 2.24) is 10.2 Å². The Labute approximate surface area is 151 Å². The monoisotopic (exact) mass is 343 g/mol. The van der Waals surface area contributed by atoms with Crippen molar-refractivity contribution >= 4 is 22.5 Å². The van der Waals surface area contributed by atoms with Crippen LogP contribution in [0.15, 0.2) is 24.4 Å². The van der Waals surface area contributed by atoms with E-state index in [9.17, 15) is 4.79 Å². The molecule has 1 amide bonds. The highest BCUT2D eigenvalue weighted by molar-refractivity contribution is 5.93. The van der Waals surface area contributed by atoms with Gasteiger partial charge < -0.3 is 5.32 Å². The molecule has 0 aliphatic rings. The van der Waals surface area contributed by atoms with E-state index in [0.717, 1.165) is 29.4 Å². The number of carbonyl (C=O) groups excluding carboxylic acids is 1. The predicted octanol–water partition coefficient (Wildman–Crippen LogP) is 6.20. The zero-order valence-electron chi connectivity index (χ0n) is 15.7. The van der Waals surface area contributed by atoms with Gasteiger partial charge in [-0.2, -0.15) is 5.10 Å². The number of rotatable bonds is 13. The SMILES string of the molecule is CCCCCCCCCCCCCC(=O)Nc1ccc2cn[nH]c2c1. The van der Waals surface area contributed by atoms with Crippen LogP contribution in [0.25, 0.3) is 10.9 Å². The Morgan fingerprint density at radius 1 is 0.960 bits per heavy atom. The van der Waals surface area contributed by atoms with Crippen molar-refractivity contribution in [1.29, 1.82) is 0 Å². The molecular formula is C21H33N3O. The third-order valence-corrected chi connectivity index (χ3v) is 4.73. The fourth-order valence-corrected chi connectivity index (χ4v) is 3.19. The van der Waals surface area contributed by atoms with Gasteiger partial charge in [-0.25, -0.2) is 0 Å². The van der Waals surface area contributed by atoms with Crippen LogP contribution in [-0.4, -0.2) is 16.1 Å². The van der Waals surface area contributed by atoms with Crippen molar-refractivity contribution in [2.45, 2.75) is 84.0 Å². The van der Waals surface area contributed by atoms with Crippen molar-refractivity contribution in [3.05, 3.63) is 24.4 Å². The molecule has 1 heterocycles. The molecule has 0 atom stereocenters. The fraction of sp³-hybridized carbons (Fsp3) is 0.619. The largest absolute Gasteiger partial charge is 0.326 e. The minimum Gasteiger partial charge on any atom is -0.326 e. The molecule has 0 bridgehead atoms. The predicted molar refractivity (Wildman–Crippen MR) is 106 cm³/mol. The van der Waals surface area contributed by atoms with Crippen LogP contribution in [0.3, 0.4) is 0 Å². The lowest BCUT2D eigenvalue weighted by atomic mass is 10.1. The fourth-order valence-electron chi connectivity index (χ4n) is 3.19. The maximum atomic E-state index is 12.0. The number of nitrogens with zero attached hydrogens (tertiary/aromatic N) is 1. The van der Waals surface area contributed by atoms with Crippen LogP contribution in [-0.2, 0) is 4.79 Å². The molecule has 0 saturated heterocycles. The Bertz CT molecular complexity index is 620. The number of aromatic amines is 1. The average molecular weight is 344 g/mol. The van der Waals surface area contributed by atoms with Gasteiger partial charge in [-0.05, 0) is 24.6 Å². The number of H-pyrrole nitrogens is 1. The maximum Gasteiger partial charge on any atom is 0.224 e. The van der Waals surface area contributed by atoms with Gasteiger partial charge in [0, 0.05) is 17.5 Å². The molecule has 4 nitrogen and oxygen atoms in total. The van der Waals surface area contributed by atoms with E-state index in [-0.39, 0.29) is 5.91 Å². The number of benzene rings is 1. The van der Waals surface area contributed by atoms with Gasteiger partial charge in [-0.3, -0.25) is 9.89 Å². The van der Waals surface area contributed by atoms with Gasteiger partial charge in [0.1, 0.15) is 0 Å². The molecule has 138 valence electrons. The smallest absolute Gasteiger partial charge is 0.224 e. The summed E-state index contributed by atoms with van der Waals surface area (Å²) in [5.41, 5.74) is 1.79. The van der Waals surface area contributed by atoms with Crippen LogP contribution in [0.2, 0.25) is 0 Å². The summed E-state index contributed by atoms with van der Waals surface area (Å²) in [5.74, 6) is 0.106. The molecule has 25 heavy (non-hydrogen) atoms. The van der Waals surface area contributed by atoms with Crippen LogP contribution in [0.4, 0.5) is 5.69 Å². The second-order valence-electron chi connectivity index (χ2n) is 7.01. The number of anilines is 1. The Kier molecular flexibility index (Phi) is 9.09. The Hall–Kier alpha value is -1.84. The molecule has 1 aromatic carbocycles. The minimum atomic E-state index is 0.106. The molecule has 0 unspecified atom stereocenters. The first-order chi connectivity index (χ1) is 12.3. The first-order valence-corrected chi connectivity index (χ1v) is 10.0. The normalized spacial score (nSPS) is 11.1. The number of nitrogens with one attached hydrogen (secondary N) is 2. The minimum absolute atomic E-state index is 0.106. The molecular weight excluding hydrogens is 310 g/mol. The molecule has 0 saturated carbocycles. The number of hydrogen-bond acceptors (Lipinski definition) is 2. The lowest BCUT2D eigenvalue weighted by molar-refractivity contribution is -0.116. The lowest BCUT2D eigenvalue weighted by Gasteiger charge is -2.05. The van der Waals surface area contributed by atoms with E-state index in [4.69, 9.17) is 0 Å². The highest BCUT2D eigenvalue weighted by Gasteiger charge is 2.04. The molecule has 0 aliphatic heterocycles. The molecule has 1 aromatic heterocycles. The van der Waals surface area contributed by atoms with Crippen LogP contribution in [0.5, 0.6) is 0 Å². The van der Waals surface area contributed by atoms with E-state index in [1.165, 1.54) is 57.8 Å². The van der Waals surface area contributed by atoms with Crippen LogP contribution in [0, 0.1) is 0 Å². The van der Waals surface area contributed by atoms with Gasteiger partial charge >= 0.3 is 0 Å². The summed E-state index contributed by atoms with van der Waals surface area (Å²) in [7, 11) is 0. The van der Waals surface area contributed by atoms with Crippen LogP contribution in [0.1, 0.15) is 84.0 Å². The van der Waals surface area contributed by atoms with Crippen molar-refractivity contribution in [3.8, 4) is 0 Å². The molecule has 2 N–H and O–H groups in total. The molecule has 4 heteroatoms. The first kappa shape index (κ1) is 19.5. The summed E-state index contributed by atoms with van der Waals surface area (Å²) in [6.45, 7) is 2.26. The maximum absolute atomic E-state index is 12.0. The number of carbonyl (C=O) groups is 1. The summed E-state index contributed by atoms with van der Waals surface area (Å²) in [4.78, 5) is 12.0. The number of hydrogen-bond donors (Lipinski definition) is 2. The summed E-state index contributed by atoms with van der Waals surface area (Å²) >= 11 is 0. The van der Waals surface area contributed by atoms with E-state index >= 15 is 0 Å². The summed E-state index contributed by atoms with van der Waals surface area (Å²) in [5, 5.41) is 10.9. The highest BCUT2D eigenvalue weighted by atomic mass is 16.1. The second-order valence-corrected chi connectivity index (χ2v) is 7.01. The Balaban J connectivity index is 1.47. The molecule has 2 rings (SSSR count). The summed E-state index contributed by atoms with van der Waals surface area (Å²) < 4.78 is 0. The molecule has 0 aliphatic carbocycles. The molecule has 2 aromatic rings.